The lowest BCUT2D eigenvalue weighted by Gasteiger charge is -2.06. The van der Waals surface area contributed by atoms with E-state index in [-0.39, 0.29) is 17.2 Å². The summed E-state index contributed by atoms with van der Waals surface area (Å²) in [6.45, 7) is 0. The summed E-state index contributed by atoms with van der Waals surface area (Å²) < 4.78 is 11.4. The zero-order valence-electron chi connectivity index (χ0n) is 15.1. The third kappa shape index (κ3) is 3.92. The molecule has 0 aliphatic rings. The summed E-state index contributed by atoms with van der Waals surface area (Å²) >= 11 is 9.33. The molecule has 29 heavy (non-hydrogen) atoms. The third-order valence-electron chi connectivity index (χ3n) is 4.21. The molecule has 0 spiro atoms. The number of benzene rings is 3. The van der Waals surface area contributed by atoms with E-state index in [0.29, 0.717) is 37.7 Å². The average Bonchev–Trinajstić information content (AvgIpc) is 3.13. The maximum Gasteiger partial charge on any atom is 0.227 e. The maximum atomic E-state index is 10.2. The number of phenols is 2. The van der Waals surface area contributed by atoms with Gasteiger partial charge in [-0.2, -0.15) is 0 Å². The number of nitrogens with zero attached hydrogens (tertiary/aromatic N) is 2. The minimum Gasteiger partial charge on any atom is -0.507 e. The number of methoxy groups -OCH3 is 1. The van der Waals surface area contributed by atoms with Crippen molar-refractivity contribution in [3.63, 3.8) is 0 Å². The van der Waals surface area contributed by atoms with E-state index in [4.69, 9.17) is 20.8 Å². The first kappa shape index (κ1) is 19.3. The van der Waals surface area contributed by atoms with E-state index in [2.05, 4.69) is 25.9 Å². The van der Waals surface area contributed by atoms with Crippen LogP contribution in [0.1, 0.15) is 5.56 Å². The van der Waals surface area contributed by atoms with Gasteiger partial charge in [-0.1, -0.05) is 11.6 Å². The molecule has 4 aromatic rings. The fraction of sp³-hybridized carbons (Fsp3) is 0.0476. The number of phenolic OH excluding ortho intramolecular Hbond substituents is 2. The highest BCUT2D eigenvalue weighted by Gasteiger charge is 2.11. The smallest absolute Gasteiger partial charge is 0.227 e. The van der Waals surface area contributed by atoms with Crippen molar-refractivity contribution < 1.29 is 19.4 Å². The fourth-order valence-corrected chi connectivity index (χ4v) is 3.35. The van der Waals surface area contributed by atoms with Crippen molar-refractivity contribution in [2.45, 2.75) is 0 Å². The molecule has 0 bridgehead atoms. The normalized spacial score (nSPS) is 11.4. The molecule has 0 saturated heterocycles. The minimum absolute atomic E-state index is 0.0386. The van der Waals surface area contributed by atoms with Gasteiger partial charge in [-0.3, -0.25) is 4.99 Å². The molecule has 2 N–H and O–H groups in total. The van der Waals surface area contributed by atoms with Crippen LogP contribution in [0.4, 0.5) is 5.69 Å². The molecule has 0 unspecified atom stereocenters. The van der Waals surface area contributed by atoms with Gasteiger partial charge in [-0.15, -0.1) is 0 Å². The van der Waals surface area contributed by atoms with E-state index in [1.807, 2.05) is 0 Å². The van der Waals surface area contributed by atoms with Crippen molar-refractivity contribution in [2.24, 2.45) is 4.99 Å². The molecule has 0 saturated carbocycles. The summed E-state index contributed by atoms with van der Waals surface area (Å²) in [5.74, 6) is 0.806. The zero-order chi connectivity index (χ0) is 20.5. The second-order valence-electron chi connectivity index (χ2n) is 6.14. The Kier molecular flexibility index (Phi) is 5.17. The summed E-state index contributed by atoms with van der Waals surface area (Å²) in [7, 11) is 1.45. The number of hydrogen-bond donors (Lipinski definition) is 2. The Morgan fingerprint density at radius 3 is 2.72 bits per heavy atom. The molecule has 0 amide bonds. The zero-order valence-corrected chi connectivity index (χ0v) is 17.4. The Labute approximate surface area is 179 Å². The topological polar surface area (TPSA) is 88.1 Å². The van der Waals surface area contributed by atoms with Crippen LogP contribution in [0.5, 0.6) is 17.2 Å². The molecule has 6 nitrogen and oxygen atoms in total. The van der Waals surface area contributed by atoms with E-state index in [1.165, 1.54) is 19.4 Å². The van der Waals surface area contributed by atoms with Crippen molar-refractivity contribution in [3.05, 3.63) is 63.6 Å². The predicted molar refractivity (Wildman–Crippen MR) is 116 cm³/mol. The van der Waals surface area contributed by atoms with Gasteiger partial charge in [0.05, 0.1) is 17.3 Å². The largest absolute Gasteiger partial charge is 0.507 e. The summed E-state index contributed by atoms with van der Waals surface area (Å²) in [5, 5.41) is 20.3. The standard InChI is InChI=1S/C21H14BrClN2O4/c1-28-19-8-13(23)6-12(20(19)27)10-24-14-3-5-18-16(9-14)25-21(29-18)11-2-4-17(26)15(22)7-11/h2-10,26-27H,1H3. The molecule has 3 aromatic carbocycles. The number of oxazole rings is 1. The predicted octanol–water partition coefficient (Wildman–Crippen LogP) is 6.08. The lowest BCUT2D eigenvalue weighted by atomic mass is 10.2. The number of aliphatic imine (C=N–C) groups is 1. The van der Waals surface area contributed by atoms with Gasteiger partial charge in [0, 0.05) is 28.4 Å². The highest BCUT2D eigenvalue weighted by atomic mass is 79.9. The van der Waals surface area contributed by atoms with Gasteiger partial charge < -0.3 is 19.4 Å². The van der Waals surface area contributed by atoms with Crippen molar-refractivity contribution in [1.82, 2.24) is 4.98 Å². The van der Waals surface area contributed by atoms with Crippen molar-refractivity contribution in [3.8, 4) is 28.7 Å². The number of aromatic hydroxyl groups is 2. The van der Waals surface area contributed by atoms with E-state index in [1.54, 1.807) is 42.5 Å². The number of fused-ring (bicyclic) bond motifs is 1. The minimum atomic E-state index is -0.0386. The Balaban J connectivity index is 1.67. The van der Waals surface area contributed by atoms with E-state index < -0.39 is 0 Å². The van der Waals surface area contributed by atoms with Gasteiger partial charge in [0.1, 0.15) is 11.3 Å². The van der Waals surface area contributed by atoms with Gasteiger partial charge >= 0.3 is 0 Å². The SMILES string of the molecule is COc1cc(Cl)cc(C=Nc2ccc3oc(-c4ccc(O)c(Br)c4)nc3c2)c1O. The molecule has 1 heterocycles. The van der Waals surface area contributed by atoms with E-state index >= 15 is 0 Å². The second kappa shape index (κ2) is 7.77. The Morgan fingerprint density at radius 2 is 1.97 bits per heavy atom. The third-order valence-corrected chi connectivity index (χ3v) is 5.06. The first-order valence-electron chi connectivity index (χ1n) is 8.44. The van der Waals surface area contributed by atoms with Crippen molar-refractivity contribution in [1.29, 1.82) is 0 Å². The van der Waals surface area contributed by atoms with Crippen LogP contribution >= 0.6 is 27.5 Å². The van der Waals surface area contributed by atoms with Gasteiger partial charge in [-0.25, -0.2) is 4.98 Å². The van der Waals surface area contributed by atoms with Crippen LogP contribution < -0.4 is 4.74 Å². The molecular formula is C21H14BrClN2O4. The highest BCUT2D eigenvalue weighted by molar-refractivity contribution is 9.10. The first-order chi connectivity index (χ1) is 13.9. The lowest BCUT2D eigenvalue weighted by Crippen LogP contribution is -1.89. The van der Waals surface area contributed by atoms with Gasteiger partial charge in [-0.05, 0) is 58.4 Å². The summed E-state index contributed by atoms with van der Waals surface area (Å²) in [6, 6.07) is 13.5. The van der Waals surface area contributed by atoms with Crippen LogP contribution in [-0.2, 0) is 0 Å². The number of ether oxygens (including phenoxy) is 1. The quantitative estimate of drug-likeness (QED) is 0.351. The maximum absolute atomic E-state index is 10.2. The number of halogens is 2. The van der Waals surface area contributed by atoms with Crippen LogP contribution in [-0.4, -0.2) is 28.5 Å². The molecule has 0 aliphatic carbocycles. The van der Waals surface area contributed by atoms with Crippen molar-refractivity contribution in [2.75, 3.05) is 7.11 Å². The van der Waals surface area contributed by atoms with Crippen LogP contribution in [0, 0.1) is 0 Å². The van der Waals surface area contributed by atoms with Gasteiger partial charge in [0.2, 0.25) is 5.89 Å². The molecular weight excluding hydrogens is 460 g/mol. The monoisotopic (exact) mass is 472 g/mol. The lowest BCUT2D eigenvalue weighted by molar-refractivity contribution is 0.373. The fourth-order valence-electron chi connectivity index (χ4n) is 2.75. The number of hydrogen-bond acceptors (Lipinski definition) is 6. The Hall–Kier alpha value is -3.03. The molecule has 8 heteroatoms. The summed E-state index contributed by atoms with van der Waals surface area (Å²) in [5.41, 5.74) is 3.03. The molecule has 4 rings (SSSR count). The molecule has 146 valence electrons. The average molecular weight is 474 g/mol. The Morgan fingerprint density at radius 1 is 1.14 bits per heavy atom. The number of rotatable bonds is 4. The summed E-state index contributed by atoms with van der Waals surface area (Å²) in [4.78, 5) is 8.89. The molecule has 0 atom stereocenters. The summed E-state index contributed by atoms with van der Waals surface area (Å²) in [6.07, 6.45) is 1.50. The van der Waals surface area contributed by atoms with Crippen LogP contribution in [0.15, 0.2) is 62.4 Å². The van der Waals surface area contributed by atoms with Gasteiger partial charge in [0.25, 0.3) is 0 Å². The molecule has 0 fully saturated rings. The first-order valence-corrected chi connectivity index (χ1v) is 9.62. The van der Waals surface area contributed by atoms with E-state index in [9.17, 15) is 10.2 Å². The highest BCUT2D eigenvalue weighted by Crippen LogP contribution is 2.34. The number of aromatic nitrogens is 1. The van der Waals surface area contributed by atoms with Crippen LogP contribution in [0.25, 0.3) is 22.6 Å². The van der Waals surface area contributed by atoms with Crippen molar-refractivity contribution >= 4 is 50.5 Å². The van der Waals surface area contributed by atoms with Crippen LogP contribution in [0.3, 0.4) is 0 Å². The molecule has 1 aromatic heterocycles. The van der Waals surface area contributed by atoms with Crippen LogP contribution in [0.2, 0.25) is 5.02 Å². The van der Waals surface area contributed by atoms with Gasteiger partial charge in [0.15, 0.2) is 17.1 Å². The van der Waals surface area contributed by atoms with E-state index in [0.717, 1.165) is 5.56 Å². The molecule has 0 aliphatic heterocycles. The molecule has 0 radical (unpaired) electrons. The Bertz CT molecular complexity index is 1250. The second-order valence-corrected chi connectivity index (χ2v) is 7.43.